The predicted molar refractivity (Wildman–Crippen MR) is 150 cm³/mol. The number of benzene rings is 2. The molecule has 4 rings (SSSR count). The number of amides is 1. The maximum absolute atomic E-state index is 12.5. The number of rotatable bonds is 9. The summed E-state index contributed by atoms with van der Waals surface area (Å²) in [7, 11) is 1.49. The van der Waals surface area contributed by atoms with Crippen molar-refractivity contribution in [3.63, 3.8) is 0 Å². The highest BCUT2D eigenvalue weighted by Crippen LogP contribution is 2.28. The number of fused-ring (bicyclic) bond motifs is 1. The lowest BCUT2D eigenvalue weighted by Gasteiger charge is -2.36. The van der Waals surface area contributed by atoms with Crippen molar-refractivity contribution < 1.29 is 9.53 Å². The van der Waals surface area contributed by atoms with Crippen LogP contribution in [0.15, 0.2) is 60.4 Å². The third-order valence-corrected chi connectivity index (χ3v) is 7.19. The molecule has 9 heteroatoms. The van der Waals surface area contributed by atoms with Gasteiger partial charge in [-0.1, -0.05) is 53.0 Å². The molecule has 0 aliphatic carbocycles. The van der Waals surface area contributed by atoms with E-state index in [2.05, 4.69) is 26.2 Å². The first-order chi connectivity index (χ1) is 17.4. The molecule has 1 aliphatic heterocycles. The summed E-state index contributed by atoms with van der Waals surface area (Å²) in [5.74, 6) is 0.0164. The number of anilines is 1. The number of halogens is 3. The molecule has 1 fully saturated rings. The molecule has 0 saturated carbocycles. The summed E-state index contributed by atoms with van der Waals surface area (Å²) in [5.41, 5.74) is 2.85. The van der Waals surface area contributed by atoms with Crippen LogP contribution in [0, 0.1) is 0 Å². The largest absolute Gasteiger partial charge is 0.491 e. The van der Waals surface area contributed by atoms with E-state index in [1.807, 2.05) is 36.4 Å². The van der Waals surface area contributed by atoms with Crippen LogP contribution in [0.5, 0.6) is 0 Å². The van der Waals surface area contributed by atoms with E-state index in [-0.39, 0.29) is 11.7 Å². The molecule has 0 unspecified atom stereocenters. The number of aromatic nitrogens is 1. The fraction of sp³-hybridized carbons (Fsp3) is 0.296. The number of aromatic amines is 1. The minimum atomic E-state index is -0.235. The smallest absolute Gasteiger partial charge is 0.286 e. The van der Waals surface area contributed by atoms with Crippen molar-refractivity contribution in [1.29, 1.82) is 0 Å². The molecule has 1 aromatic heterocycles. The summed E-state index contributed by atoms with van der Waals surface area (Å²) in [6.45, 7) is 5.33. The zero-order valence-electron chi connectivity index (χ0n) is 20.1. The van der Waals surface area contributed by atoms with E-state index >= 15 is 0 Å². The van der Waals surface area contributed by atoms with Gasteiger partial charge >= 0.3 is 0 Å². The van der Waals surface area contributed by atoms with E-state index in [1.54, 1.807) is 18.2 Å². The summed E-state index contributed by atoms with van der Waals surface area (Å²) in [5, 5.41) is 5.70. The summed E-state index contributed by atoms with van der Waals surface area (Å²) in [6.07, 6.45) is 6.14. The third-order valence-electron chi connectivity index (χ3n) is 6.15. The van der Waals surface area contributed by atoms with Crippen molar-refractivity contribution >= 4 is 63.4 Å². The van der Waals surface area contributed by atoms with E-state index in [0.717, 1.165) is 66.5 Å². The van der Waals surface area contributed by atoms with Crippen LogP contribution in [0.1, 0.15) is 12.1 Å². The monoisotopic (exact) mass is 546 g/mol. The van der Waals surface area contributed by atoms with E-state index in [0.29, 0.717) is 16.6 Å². The number of para-hydroxylation sites is 1. The van der Waals surface area contributed by atoms with E-state index in [4.69, 9.17) is 39.5 Å². The molecule has 1 aliphatic rings. The van der Waals surface area contributed by atoms with Gasteiger partial charge in [0.1, 0.15) is 0 Å². The molecule has 3 aromatic rings. The normalized spacial score (nSPS) is 15.1. The summed E-state index contributed by atoms with van der Waals surface area (Å²) < 4.78 is 5.28. The number of H-pyrrole nitrogens is 1. The van der Waals surface area contributed by atoms with Crippen LogP contribution in [0.4, 0.5) is 5.69 Å². The standard InChI is InChI=1S/C27H29Cl3N4O2/c1-36-26(9-4-6-20-16-19-17-22(29)23(30)18-24(19)32-20)27(35)31-10-5-11-33-12-14-34(15-13-33)25-8-3-2-7-21(25)28/h2-4,6-9,16-18,32H,5,10-15H2,1H3,(H,31,35)/b6-4+,26-9+. The number of allylic oxidation sites excluding steroid dienone is 2. The fourth-order valence-electron chi connectivity index (χ4n) is 4.23. The van der Waals surface area contributed by atoms with Crippen molar-refractivity contribution in [3.05, 3.63) is 81.1 Å². The Morgan fingerprint density at radius 2 is 1.81 bits per heavy atom. The number of hydrogen-bond donors (Lipinski definition) is 2. The van der Waals surface area contributed by atoms with Crippen molar-refractivity contribution in [2.45, 2.75) is 6.42 Å². The molecule has 1 amide bonds. The number of hydrogen-bond acceptors (Lipinski definition) is 4. The molecule has 190 valence electrons. The third kappa shape index (κ3) is 6.77. The highest BCUT2D eigenvalue weighted by Gasteiger charge is 2.18. The number of nitrogens with one attached hydrogen (secondary N) is 2. The minimum absolute atomic E-state index is 0.235. The van der Waals surface area contributed by atoms with Crippen LogP contribution in [-0.4, -0.2) is 62.2 Å². The van der Waals surface area contributed by atoms with Crippen molar-refractivity contribution in [1.82, 2.24) is 15.2 Å². The molecule has 0 atom stereocenters. The Hall–Kier alpha value is -2.64. The van der Waals surface area contributed by atoms with Crippen molar-refractivity contribution in [3.8, 4) is 0 Å². The number of nitrogens with zero attached hydrogens (tertiary/aromatic N) is 2. The lowest BCUT2D eigenvalue weighted by Crippen LogP contribution is -2.47. The van der Waals surface area contributed by atoms with Crippen LogP contribution in [0.25, 0.3) is 17.0 Å². The van der Waals surface area contributed by atoms with Gasteiger partial charge in [-0.15, -0.1) is 0 Å². The van der Waals surface area contributed by atoms with Gasteiger partial charge in [-0.05, 0) is 55.4 Å². The Kier molecular flexibility index (Phi) is 9.21. The highest BCUT2D eigenvalue weighted by molar-refractivity contribution is 6.42. The molecule has 2 heterocycles. The van der Waals surface area contributed by atoms with Gasteiger partial charge in [0.05, 0.1) is 27.9 Å². The topological polar surface area (TPSA) is 60.6 Å². The lowest BCUT2D eigenvalue weighted by molar-refractivity contribution is -0.120. The Labute approximate surface area is 226 Å². The molecule has 0 radical (unpaired) electrons. The molecule has 0 bridgehead atoms. The zero-order valence-corrected chi connectivity index (χ0v) is 22.3. The van der Waals surface area contributed by atoms with Gasteiger partial charge in [0.25, 0.3) is 5.91 Å². The van der Waals surface area contributed by atoms with Crippen molar-refractivity contribution in [2.75, 3.05) is 51.3 Å². The molecule has 1 saturated heterocycles. The Balaban J connectivity index is 1.20. The Morgan fingerprint density at radius 1 is 1.06 bits per heavy atom. The molecular weight excluding hydrogens is 519 g/mol. The summed E-state index contributed by atoms with van der Waals surface area (Å²) >= 11 is 18.5. The Morgan fingerprint density at radius 3 is 2.56 bits per heavy atom. The highest BCUT2D eigenvalue weighted by atomic mass is 35.5. The maximum atomic E-state index is 12.5. The number of ether oxygens (including phenoxy) is 1. The second kappa shape index (κ2) is 12.5. The quantitative estimate of drug-likeness (QED) is 0.149. The number of methoxy groups -OCH3 is 1. The van der Waals surface area contributed by atoms with Gasteiger partial charge in [-0.2, -0.15) is 0 Å². The molecule has 6 nitrogen and oxygen atoms in total. The molecule has 36 heavy (non-hydrogen) atoms. The first kappa shape index (κ1) is 26.4. The van der Waals surface area contributed by atoms with E-state index < -0.39 is 0 Å². The first-order valence-electron chi connectivity index (χ1n) is 11.8. The van der Waals surface area contributed by atoms with Gasteiger partial charge in [0.15, 0.2) is 5.76 Å². The van der Waals surface area contributed by atoms with Gasteiger partial charge in [-0.3, -0.25) is 9.69 Å². The molecule has 0 spiro atoms. The second-order valence-corrected chi connectivity index (χ2v) is 9.78. The summed E-state index contributed by atoms with van der Waals surface area (Å²) in [4.78, 5) is 20.5. The number of carbonyl (C=O) groups is 1. The SMILES string of the molecule is CO/C(=C/C=C/c1cc2cc(Cl)c(Cl)cc2[nH]1)C(=O)NCCCN1CCN(c2ccccc2Cl)CC1. The molecule has 2 N–H and O–H groups in total. The summed E-state index contributed by atoms with van der Waals surface area (Å²) in [6, 6.07) is 13.5. The predicted octanol–water partition coefficient (Wildman–Crippen LogP) is 6.00. The minimum Gasteiger partial charge on any atom is -0.491 e. The number of piperazine rings is 1. The van der Waals surface area contributed by atoms with Crippen molar-refractivity contribution in [2.24, 2.45) is 0 Å². The average molecular weight is 548 g/mol. The number of carbonyl (C=O) groups excluding carboxylic acids is 1. The zero-order chi connectivity index (χ0) is 25.5. The van der Waals surface area contributed by atoms with Gasteiger partial charge in [0.2, 0.25) is 0 Å². The maximum Gasteiger partial charge on any atom is 0.286 e. The van der Waals surface area contributed by atoms with Crippen LogP contribution in [0.2, 0.25) is 15.1 Å². The molecule has 2 aromatic carbocycles. The lowest BCUT2D eigenvalue weighted by atomic mass is 10.2. The van der Waals surface area contributed by atoms with Crippen LogP contribution in [-0.2, 0) is 9.53 Å². The Bertz CT molecular complexity index is 1220. The van der Waals surface area contributed by atoms with E-state index in [1.165, 1.54) is 7.11 Å². The fourth-order valence-corrected chi connectivity index (χ4v) is 4.82. The van der Waals surface area contributed by atoms with Gasteiger partial charge in [0, 0.05) is 49.3 Å². The van der Waals surface area contributed by atoms with E-state index in [9.17, 15) is 4.79 Å². The van der Waals surface area contributed by atoms with Gasteiger partial charge in [-0.25, -0.2) is 0 Å². The van der Waals surface area contributed by atoms with Gasteiger partial charge < -0.3 is 19.9 Å². The molecular formula is C27H29Cl3N4O2. The van der Waals surface area contributed by atoms with Crippen LogP contribution < -0.4 is 10.2 Å². The second-order valence-electron chi connectivity index (χ2n) is 8.56. The van der Waals surface area contributed by atoms with Crippen LogP contribution >= 0.6 is 34.8 Å². The van der Waals surface area contributed by atoms with Crippen LogP contribution in [0.3, 0.4) is 0 Å². The average Bonchev–Trinajstić information content (AvgIpc) is 3.26. The first-order valence-corrected chi connectivity index (χ1v) is 13.0.